The second kappa shape index (κ2) is 6.72. The predicted molar refractivity (Wildman–Crippen MR) is 73.0 cm³/mol. The SMILES string of the molecule is CCC1CCN(CC(O)(CC)CC)C(CN)C1. The van der Waals surface area contributed by atoms with E-state index >= 15 is 0 Å². The highest BCUT2D eigenvalue weighted by Crippen LogP contribution is 2.27. The highest BCUT2D eigenvalue weighted by Gasteiger charge is 2.32. The van der Waals surface area contributed by atoms with Crippen LogP contribution >= 0.6 is 0 Å². The average Bonchev–Trinajstić information content (AvgIpc) is 2.39. The standard InChI is InChI=1S/C14H30N2O/c1-4-12-7-8-16(13(9-12)10-15)11-14(17,5-2)6-3/h12-13,17H,4-11,15H2,1-3H3. The van der Waals surface area contributed by atoms with Crippen LogP contribution in [0.1, 0.15) is 52.9 Å². The van der Waals surface area contributed by atoms with Crippen LogP contribution in [-0.2, 0) is 0 Å². The van der Waals surface area contributed by atoms with E-state index in [1.54, 1.807) is 0 Å². The van der Waals surface area contributed by atoms with Crippen LogP contribution in [0.5, 0.6) is 0 Å². The molecule has 1 saturated heterocycles. The Morgan fingerprint density at radius 1 is 1.29 bits per heavy atom. The summed E-state index contributed by atoms with van der Waals surface area (Å²) in [6, 6.07) is 0.471. The van der Waals surface area contributed by atoms with Gasteiger partial charge in [0, 0.05) is 19.1 Å². The third kappa shape index (κ3) is 3.94. The van der Waals surface area contributed by atoms with Gasteiger partial charge in [-0.3, -0.25) is 4.90 Å². The van der Waals surface area contributed by atoms with Gasteiger partial charge in [-0.25, -0.2) is 0 Å². The monoisotopic (exact) mass is 242 g/mol. The zero-order chi connectivity index (χ0) is 12.9. The maximum Gasteiger partial charge on any atom is 0.0769 e. The first kappa shape index (κ1) is 14.9. The van der Waals surface area contributed by atoms with E-state index in [1.165, 1.54) is 19.3 Å². The molecule has 0 radical (unpaired) electrons. The lowest BCUT2D eigenvalue weighted by Gasteiger charge is -2.42. The molecule has 0 bridgehead atoms. The minimum atomic E-state index is -0.521. The molecule has 1 heterocycles. The van der Waals surface area contributed by atoms with Gasteiger partial charge in [0.2, 0.25) is 0 Å². The van der Waals surface area contributed by atoms with E-state index in [2.05, 4.69) is 25.7 Å². The third-order valence-corrected chi connectivity index (χ3v) is 4.61. The Morgan fingerprint density at radius 3 is 2.41 bits per heavy atom. The molecule has 102 valence electrons. The fraction of sp³-hybridized carbons (Fsp3) is 1.00. The van der Waals surface area contributed by atoms with Crippen molar-refractivity contribution in [3.05, 3.63) is 0 Å². The smallest absolute Gasteiger partial charge is 0.0769 e. The maximum absolute atomic E-state index is 10.4. The first-order valence-corrected chi connectivity index (χ1v) is 7.25. The fourth-order valence-electron chi connectivity index (χ4n) is 2.86. The van der Waals surface area contributed by atoms with E-state index in [-0.39, 0.29) is 0 Å². The van der Waals surface area contributed by atoms with Gasteiger partial charge in [0.1, 0.15) is 0 Å². The summed E-state index contributed by atoms with van der Waals surface area (Å²) in [5.41, 5.74) is 5.37. The number of hydrogen-bond donors (Lipinski definition) is 2. The molecule has 17 heavy (non-hydrogen) atoms. The quantitative estimate of drug-likeness (QED) is 0.749. The number of nitrogens with zero attached hydrogens (tertiary/aromatic N) is 1. The van der Waals surface area contributed by atoms with Crippen molar-refractivity contribution >= 4 is 0 Å². The lowest BCUT2D eigenvalue weighted by Crippen LogP contribution is -2.52. The summed E-state index contributed by atoms with van der Waals surface area (Å²) < 4.78 is 0. The Bertz CT molecular complexity index is 216. The van der Waals surface area contributed by atoms with Crippen LogP contribution in [0.2, 0.25) is 0 Å². The Kier molecular flexibility index (Phi) is 5.90. The van der Waals surface area contributed by atoms with Gasteiger partial charge in [0.15, 0.2) is 0 Å². The van der Waals surface area contributed by atoms with Crippen LogP contribution < -0.4 is 5.73 Å². The number of rotatable bonds is 6. The van der Waals surface area contributed by atoms with Crippen LogP contribution in [0.4, 0.5) is 0 Å². The van der Waals surface area contributed by atoms with Gasteiger partial charge in [0.05, 0.1) is 5.60 Å². The first-order valence-electron chi connectivity index (χ1n) is 7.25. The van der Waals surface area contributed by atoms with Crippen molar-refractivity contribution < 1.29 is 5.11 Å². The molecule has 1 rings (SSSR count). The summed E-state index contributed by atoms with van der Waals surface area (Å²) in [5.74, 6) is 0.830. The molecule has 0 amide bonds. The highest BCUT2D eigenvalue weighted by molar-refractivity contribution is 4.87. The molecule has 0 spiro atoms. The zero-order valence-corrected chi connectivity index (χ0v) is 11.8. The summed E-state index contributed by atoms with van der Waals surface area (Å²) in [6.45, 7) is 9.02. The number of likely N-dealkylation sites (tertiary alicyclic amines) is 1. The molecular weight excluding hydrogens is 212 g/mol. The fourth-order valence-corrected chi connectivity index (χ4v) is 2.86. The maximum atomic E-state index is 10.4. The molecule has 2 unspecified atom stereocenters. The van der Waals surface area contributed by atoms with E-state index in [9.17, 15) is 5.11 Å². The van der Waals surface area contributed by atoms with Gasteiger partial charge >= 0.3 is 0 Å². The summed E-state index contributed by atoms with van der Waals surface area (Å²) in [7, 11) is 0. The second-order valence-electron chi connectivity index (χ2n) is 5.59. The van der Waals surface area contributed by atoms with Crippen molar-refractivity contribution in [1.29, 1.82) is 0 Å². The summed E-state index contributed by atoms with van der Waals surface area (Å²) in [4.78, 5) is 2.42. The van der Waals surface area contributed by atoms with Gasteiger partial charge in [-0.1, -0.05) is 27.2 Å². The molecule has 0 aliphatic carbocycles. The Morgan fingerprint density at radius 2 is 1.94 bits per heavy atom. The predicted octanol–water partition coefficient (Wildman–Crippen LogP) is 1.99. The van der Waals surface area contributed by atoms with E-state index in [1.807, 2.05) is 0 Å². The van der Waals surface area contributed by atoms with Crippen molar-refractivity contribution in [2.75, 3.05) is 19.6 Å². The van der Waals surface area contributed by atoms with Crippen LogP contribution in [0.25, 0.3) is 0 Å². The molecule has 2 atom stereocenters. The van der Waals surface area contributed by atoms with E-state index in [0.29, 0.717) is 6.04 Å². The van der Waals surface area contributed by atoms with Crippen LogP contribution in [0.15, 0.2) is 0 Å². The van der Waals surface area contributed by atoms with Crippen molar-refractivity contribution in [2.45, 2.75) is 64.5 Å². The molecule has 0 aromatic heterocycles. The van der Waals surface area contributed by atoms with Crippen LogP contribution in [0.3, 0.4) is 0 Å². The largest absolute Gasteiger partial charge is 0.389 e. The minimum Gasteiger partial charge on any atom is -0.389 e. The molecule has 3 heteroatoms. The van der Waals surface area contributed by atoms with Gasteiger partial charge < -0.3 is 10.8 Å². The molecule has 1 fully saturated rings. The second-order valence-corrected chi connectivity index (χ2v) is 5.59. The lowest BCUT2D eigenvalue weighted by molar-refractivity contribution is -0.0274. The number of nitrogens with two attached hydrogens (primary N) is 1. The van der Waals surface area contributed by atoms with Crippen molar-refractivity contribution in [1.82, 2.24) is 4.90 Å². The van der Waals surface area contributed by atoms with Gasteiger partial charge in [0.25, 0.3) is 0 Å². The first-order chi connectivity index (χ1) is 8.08. The molecular formula is C14H30N2O. The number of aliphatic hydroxyl groups is 1. The summed E-state index contributed by atoms with van der Waals surface area (Å²) in [6.07, 6.45) is 5.38. The molecule has 0 saturated carbocycles. The third-order valence-electron chi connectivity index (χ3n) is 4.61. The molecule has 0 aromatic rings. The lowest BCUT2D eigenvalue weighted by atomic mass is 9.87. The topological polar surface area (TPSA) is 49.5 Å². The van der Waals surface area contributed by atoms with E-state index < -0.39 is 5.60 Å². The average molecular weight is 242 g/mol. The van der Waals surface area contributed by atoms with Crippen LogP contribution in [0, 0.1) is 5.92 Å². The minimum absolute atomic E-state index is 0.471. The molecule has 3 nitrogen and oxygen atoms in total. The molecule has 0 aromatic carbocycles. The highest BCUT2D eigenvalue weighted by atomic mass is 16.3. The number of hydrogen-bond acceptors (Lipinski definition) is 3. The Labute approximate surface area is 106 Å². The Hall–Kier alpha value is -0.120. The molecule has 3 N–H and O–H groups in total. The van der Waals surface area contributed by atoms with Gasteiger partial charge in [-0.15, -0.1) is 0 Å². The van der Waals surface area contributed by atoms with E-state index in [0.717, 1.165) is 38.4 Å². The van der Waals surface area contributed by atoms with Gasteiger partial charge in [-0.05, 0) is 38.1 Å². The van der Waals surface area contributed by atoms with Crippen molar-refractivity contribution in [3.8, 4) is 0 Å². The number of β-amino-alcohol motifs (C(OH)–C–C–N with tert-alkyl or cyclic N) is 1. The summed E-state index contributed by atoms with van der Waals surface area (Å²) >= 11 is 0. The summed E-state index contributed by atoms with van der Waals surface area (Å²) in [5, 5.41) is 10.4. The normalized spacial score (nSPS) is 27.4. The van der Waals surface area contributed by atoms with Crippen molar-refractivity contribution in [3.63, 3.8) is 0 Å². The van der Waals surface area contributed by atoms with Crippen LogP contribution in [-0.4, -0.2) is 41.3 Å². The molecule has 1 aliphatic rings. The van der Waals surface area contributed by atoms with E-state index in [4.69, 9.17) is 5.73 Å². The van der Waals surface area contributed by atoms with Gasteiger partial charge in [-0.2, -0.15) is 0 Å². The molecule has 1 aliphatic heterocycles. The number of piperidine rings is 1. The zero-order valence-electron chi connectivity index (χ0n) is 11.8. The Balaban J connectivity index is 2.58. The van der Waals surface area contributed by atoms with Crippen molar-refractivity contribution in [2.24, 2.45) is 11.7 Å².